The highest BCUT2D eigenvalue weighted by Gasteiger charge is 2.44. The maximum Gasteiger partial charge on any atom is 0.306 e. The summed E-state index contributed by atoms with van der Waals surface area (Å²) in [5.41, 5.74) is 0. The zero-order valence-corrected chi connectivity index (χ0v) is 40.9. The fourth-order valence-electron chi connectivity index (χ4n) is 6.70. The number of hydrogen-bond acceptors (Lipinski definition) is 9. The van der Waals surface area contributed by atoms with Crippen molar-refractivity contribution >= 4 is 5.97 Å². The molecule has 1 fully saturated rings. The highest BCUT2D eigenvalue weighted by atomic mass is 16.7. The molecule has 6 unspecified atom stereocenters. The van der Waals surface area contributed by atoms with Crippen molar-refractivity contribution in [1.82, 2.24) is 0 Å². The van der Waals surface area contributed by atoms with Crippen molar-refractivity contribution in [1.29, 1.82) is 0 Å². The highest BCUT2D eigenvalue weighted by Crippen LogP contribution is 2.22. The molecular formula is C57H90O9. The van der Waals surface area contributed by atoms with Gasteiger partial charge in [-0.25, -0.2) is 0 Å². The lowest BCUT2D eigenvalue weighted by Crippen LogP contribution is -2.59. The van der Waals surface area contributed by atoms with Crippen LogP contribution in [0.2, 0.25) is 0 Å². The van der Waals surface area contributed by atoms with E-state index in [9.17, 15) is 25.2 Å². The van der Waals surface area contributed by atoms with Gasteiger partial charge in [-0.15, -0.1) is 0 Å². The summed E-state index contributed by atoms with van der Waals surface area (Å²) in [5.74, 6) is -0.367. The number of aliphatic hydroxyl groups excluding tert-OH is 4. The summed E-state index contributed by atoms with van der Waals surface area (Å²) in [6.45, 7) is 4.21. The van der Waals surface area contributed by atoms with Crippen molar-refractivity contribution in [2.24, 2.45) is 0 Å². The molecular weight excluding hydrogens is 829 g/mol. The molecule has 66 heavy (non-hydrogen) atoms. The van der Waals surface area contributed by atoms with Gasteiger partial charge in [0.2, 0.25) is 0 Å². The average molecular weight is 919 g/mol. The molecule has 0 aromatic heterocycles. The zero-order valence-electron chi connectivity index (χ0n) is 40.9. The Morgan fingerprint density at radius 1 is 0.485 bits per heavy atom. The van der Waals surface area contributed by atoms with Gasteiger partial charge in [-0.2, -0.15) is 0 Å². The van der Waals surface area contributed by atoms with Crippen molar-refractivity contribution in [3.05, 3.63) is 134 Å². The van der Waals surface area contributed by atoms with Crippen LogP contribution in [0.4, 0.5) is 0 Å². The predicted molar refractivity (Wildman–Crippen MR) is 274 cm³/mol. The van der Waals surface area contributed by atoms with Gasteiger partial charge in [-0.05, 0) is 109 Å². The van der Waals surface area contributed by atoms with Crippen molar-refractivity contribution in [2.75, 3.05) is 26.4 Å². The van der Waals surface area contributed by atoms with E-state index in [-0.39, 0.29) is 25.6 Å². The van der Waals surface area contributed by atoms with Crippen LogP contribution in [0, 0.1) is 0 Å². The summed E-state index contributed by atoms with van der Waals surface area (Å²) in [4.78, 5) is 12.8. The van der Waals surface area contributed by atoms with E-state index < -0.39 is 43.4 Å². The summed E-state index contributed by atoms with van der Waals surface area (Å²) in [6.07, 6.45) is 61.9. The minimum absolute atomic E-state index is 0.106. The lowest BCUT2D eigenvalue weighted by molar-refractivity contribution is -0.305. The molecule has 1 aliphatic rings. The molecule has 6 atom stereocenters. The van der Waals surface area contributed by atoms with E-state index in [1.807, 2.05) is 0 Å². The molecule has 372 valence electrons. The Morgan fingerprint density at radius 3 is 1.32 bits per heavy atom. The number of ether oxygens (including phenoxy) is 4. The van der Waals surface area contributed by atoms with E-state index in [2.05, 4.69) is 148 Å². The molecule has 0 bridgehead atoms. The van der Waals surface area contributed by atoms with Gasteiger partial charge in [-0.1, -0.05) is 173 Å². The van der Waals surface area contributed by atoms with E-state index in [0.29, 0.717) is 13.0 Å². The first kappa shape index (κ1) is 60.3. The maximum atomic E-state index is 12.8. The van der Waals surface area contributed by atoms with Gasteiger partial charge in [0, 0.05) is 13.0 Å². The number of esters is 1. The number of unbranched alkanes of at least 4 members (excludes halogenated alkanes) is 8. The first-order valence-corrected chi connectivity index (χ1v) is 25.3. The van der Waals surface area contributed by atoms with Gasteiger partial charge in [0.05, 0.1) is 19.8 Å². The quantitative estimate of drug-likeness (QED) is 0.0269. The maximum absolute atomic E-state index is 12.8. The Kier molecular flexibility index (Phi) is 42.5. The van der Waals surface area contributed by atoms with Crippen molar-refractivity contribution in [3.8, 4) is 0 Å². The van der Waals surface area contributed by atoms with E-state index in [1.165, 1.54) is 19.3 Å². The highest BCUT2D eigenvalue weighted by molar-refractivity contribution is 5.69. The van der Waals surface area contributed by atoms with Crippen LogP contribution >= 0.6 is 0 Å². The number of hydrogen-bond donors (Lipinski definition) is 4. The Labute approximate surface area is 400 Å². The van der Waals surface area contributed by atoms with Gasteiger partial charge in [0.1, 0.15) is 30.5 Å². The van der Waals surface area contributed by atoms with Crippen LogP contribution in [0.5, 0.6) is 0 Å². The van der Waals surface area contributed by atoms with Gasteiger partial charge in [0.25, 0.3) is 0 Å². The Balaban J connectivity index is 2.29. The summed E-state index contributed by atoms with van der Waals surface area (Å²) >= 11 is 0. The zero-order chi connectivity index (χ0) is 47.8. The Morgan fingerprint density at radius 2 is 0.879 bits per heavy atom. The smallest absolute Gasteiger partial charge is 0.306 e. The fourth-order valence-corrected chi connectivity index (χ4v) is 6.70. The van der Waals surface area contributed by atoms with Crippen molar-refractivity contribution in [3.63, 3.8) is 0 Å². The van der Waals surface area contributed by atoms with Gasteiger partial charge in [0.15, 0.2) is 6.29 Å². The molecule has 0 aliphatic carbocycles. The average Bonchev–Trinajstić information content (AvgIpc) is 3.32. The minimum Gasteiger partial charge on any atom is -0.457 e. The van der Waals surface area contributed by atoms with Crippen LogP contribution in [0.1, 0.15) is 155 Å². The van der Waals surface area contributed by atoms with Crippen molar-refractivity contribution in [2.45, 2.75) is 192 Å². The fraction of sp³-hybridized carbons (Fsp3) is 0.596. The molecule has 4 N–H and O–H groups in total. The van der Waals surface area contributed by atoms with Crippen LogP contribution < -0.4 is 0 Å². The van der Waals surface area contributed by atoms with Crippen LogP contribution in [0.15, 0.2) is 134 Å². The van der Waals surface area contributed by atoms with Crippen LogP contribution in [-0.2, 0) is 23.7 Å². The van der Waals surface area contributed by atoms with E-state index in [0.717, 1.165) is 109 Å². The molecule has 0 aromatic rings. The van der Waals surface area contributed by atoms with Crippen LogP contribution in [-0.4, -0.2) is 89.6 Å². The largest absolute Gasteiger partial charge is 0.457 e. The molecule has 0 radical (unpaired) electrons. The number of carbonyl (C=O) groups excluding carboxylic acids is 1. The monoisotopic (exact) mass is 919 g/mol. The second-order valence-electron chi connectivity index (χ2n) is 16.5. The molecule has 1 heterocycles. The van der Waals surface area contributed by atoms with Crippen molar-refractivity contribution < 1.29 is 44.2 Å². The van der Waals surface area contributed by atoms with E-state index in [1.54, 1.807) is 0 Å². The number of aliphatic hydroxyl groups is 4. The summed E-state index contributed by atoms with van der Waals surface area (Å²) in [6, 6.07) is 0. The van der Waals surface area contributed by atoms with E-state index >= 15 is 0 Å². The van der Waals surface area contributed by atoms with Gasteiger partial charge < -0.3 is 39.4 Å². The van der Waals surface area contributed by atoms with Gasteiger partial charge >= 0.3 is 5.97 Å². The normalized spacial score (nSPS) is 20.5. The standard InChI is InChI=1S/C57H90O9/c1-3-5-7-9-11-13-15-17-19-21-23-25-27-29-31-33-35-37-39-41-43-45-47-63-49-51(50-64-57-56(62)55(61)54(60)52(48-58)66-57)65-53(59)46-44-42-40-38-36-34-32-30-28-26-24-22-20-18-16-14-12-10-8-6-4-2/h5-8,11-14,17-20,23-26,29-32,36,38,51-52,54-58,60-62H,3-4,9-10,15-16,21-22,27-28,33-35,37,39-50H2,1-2H3/b7-5-,8-6-,13-11-,14-12-,19-17-,20-18-,25-23-,26-24-,31-29-,32-30-,38-36-. The molecule has 0 amide bonds. The second kappa shape index (κ2) is 46.4. The number of rotatable bonds is 41. The molecule has 1 saturated heterocycles. The summed E-state index contributed by atoms with van der Waals surface area (Å²) in [7, 11) is 0. The van der Waals surface area contributed by atoms with Crippen LogP contribution in [0.25, 0.3) is 0 Å². The lowest BCUT2D eigenvalue weighted by atomic mass is 9.99. The Bertz CT molecular complexity index is 1460. The molecule has 1 aliphatic heterocycles. The molecule has 9 heteroatoms. The van der Waals surface area contributed by atoms with Crippen LogP contribution in [0.3, 0.4) is 0 Å². The number of carbonyl (C=O) groups is 1. The first-order chi connectivity index (χ1) is 32.4. The topological polar surface area (TPSA) is 135 Å². The summed E-state index contributed by atoms with van der Waals surface area (Å²) < 4.78 is 22.8. The number of allylic oxidation sites excluding steroid dienone is 22. The Hall–Kier alpha value is -3.67. The first-order valence-electron chi connectivity index (χ1n) is 25.3. The third-order valence-electron chi connectivity index (χ3n) is 10.6. The SMILES string of the molecule is CC/C=C\C/C=C\C/C=C\C/C=C\C/C=C\C/C=C\CCCCC(=O)OC(COCCCCCCCC/C=C\C/C=C\C/C=C\C/C=C\C/C=C\CC)COC1OC(CO)C(O)C(O)C1O. The van der Waals surface area contributed by atoms with E-state index in [4.69, 9.17) is 18.9 Å². The molecule has 0 spiro atoms. The minimum atomic E-state index is -1.56. The third-order valence-corrected chi connectivity index (χ3v) is 10.6. The molecule has 0 aromatic carbocycles. The summed E-state index contributed by atoms with van der Waals surface area (Å²) in [5, 5.41) is 40.2. The molecule has 0 saturated carbocycles. The molecule has 1 rings (SSSR count). The van der Waals surface area contributed by atoms with Gasteiger partial charge in [-0.3, -0.25) is 4.79 Å². The lowest BCUT2D eigenvalue weighted by Gasteiger charge is -2.39. The molecule has 9 nitrogen and oxygen atoms in total. The third kappa shape index (κ3) is 36.4. The predicted octanol–water partition coefficient (Wildman–Crippen LogP) is 12.5. The second-order valence-corrected chi connectivity index (χ2v) is 16.5.